The monoisotopic (exact) mass is 385 g/mol. The molecule has 7 heteroatoms. The van der Waals surface area contributed by atoms with Crippen LogP contribution in [0.15, 0.2) is 59.7 Å². The lowest BCUT2D eigenvalue weighted by Gasteiger charge is -2.34. The van der Waals surface area contributed by atoms with Gasteiger partial charge < -0.3 is 9.47 Å². The Hall–Kier alpha value is -2.77. The van der Waals surface area contributed by atoms with Crippen LogP contribution in [0.5, 0.6) is 5.75 Å². The van der Waals surface area contributed by atoms with Gasteiger partial charge in [0.25, 0.3) is 5.91 Å². The van der Waals surface area contributed by atoms with Gasteiger partial charge in [0, 0.05) is 13.1 Å². The molecule has 0 radical (unpaired) electrons. The van der Waals surface area contributed by atoms with E-state index in [1.54, 1.807) is 12.1 Å². The Bertz CT molecular complexity index is 808. The molecule has 1 heterocycles. The number of carbonyl (C=O) groups is 1. The molecule has 1 saturated heterocycles. The fraction of sp³-hybridized carbons (Fsp3) is 0.333. The molecule has 1 N–H and O–H groups in total. The fourth-order valence-electron chi connectivity index (χ4n) is 3.14. The highest BCUT2D eigenvalue weighted by Crippen LogP contribution is 2.23. The third-order valence-electron chi connectivity index (χ3n) is 4.47. The number of hydrogen-bond acceptors (Lipinski definition) is 5. The first kappa shape index (κ1) is 20.0. The zero-order chi connectivity index (χ0) is 19.8. The van der Waals surface area contributed by atoms with Gasteiger partial charge in [-0.3, -0.25) is 9.69 Å². The van der Waals surface area contributed by atoms with Gasteiger partial charge >= 0.3 is 0 Å². The predicted octanol–water partition coefficient (Wildman–Crippen LogP) is 2.77. The van der Waals surface area contributed by atoms with Crippen LogP contribution in [0.25, 0.3) is 0 Å². The van der Waals surface area contributed by atoms with Gasteiger partial charge in [-0.25, -0.2) is 9.82 Å². The Labute approximate surface area is 163 Å². The van der Waals surface area contributed by atoms with Crippen LogP contribution in [-0.2, 0) is 9.53 Å². The summed E-state index contributed by atoms with van der Waals surface area (Å²) in [5, 5.41) is 4.27. The number of hydrazone groups is 1. The molecule has 2 aromatic rings. The van der Waals surface area contributed by atoms with Gasteiger partial charge in [0.2, 0.25) is 0 Å². The van der Waals surface area contributed by atoms with Gasteiger partial charge in [0.05, 0.1) is 25.0 Å². The Morgan fingerprint density at radius 2 is 1.86 bits per heavy atom. The quantitative estimate of drug-likeness (QED) is 0.588. The number of halogens is 1. The maximum absolute atomic E-state index is 13.6. The van der Waals surface area contributed by atoms with E-state index >= 15 is 0 Å². The summed E-state index contributed by atoms with van der Waals surface area (Å²) in [6.07, 6.45) is 0. The topological polar surface area (TPSA) is 63.2 Å². The van der Waals surface area contributed by atoms with Crippen molar-refractivity contribution in [2.45, 2.75) is 13.0 Å². The Balaban J connectivity index is 1.64. The number of hydrogen-bond donors (Lipinski definition) is 1. The lowest BCUT2D eigenvalue weighted by atomic mass is 10.0. The summed E-state index contributed by atoms with van der Waals surface area (Å²) >= 11 is 0. The van der Waals surface area contributed by atoms with Gasteiger partial charge in [0.1, 0.15) is 0 Å². The highest BCUT2D eigenvalue weighted by molar-refractivity contribution is 5.90. The molecule has 148 valence electrons. The summed E-state index contributed by atoms with van der Waals surface area (Å²) in [6.45, 7) is 4.48. The van der Waals surface area contributed by atoms with Crippen molar-refractivity contribution >= 4 is 11.6 Å². The van der Waals surface area contributed by atoms with Crippen LogP contribution < -0.4 is 10.2 Å². The minimum atomic E-state index is -0.508. The second kappa shape index (κ2) is 9.96. The molecule has 3 rings (SSSR count). The summed E-state index contributed by atoms with van der Waals surface area (Å²) in [5.74, 6) is -0.920. The van der Waals surface area contributed by atoms with E-state index < -0.39 is 11.7 Å². The molecular formula is C21H24FN3O3. The van der Waals surface area contributed by atoms with E-state index in [1.165, 1.54) is 12.1 Å². The lowest BCUT2D eigenvalue weighted by Crippen LogP contribution is -2.42. The Morgan fingerprint density at radius 3 is 2.57 bits per heavy atom. The molecule has 6 nitrogen and oxygen atoms in total. The van der Waals surface area contributed by atoms with Crippen LogP contribution in [0.3, 0.4) is 0 Å². The van der Waals surface area contributed by atoms with Crippen LogP contribution in [0.4, 0.5) is 4.39 Å². The first-order valence-electron chi connectivity index (χ1n) is 9.22. The largest absolute Gasteiger partial charge is 0.481 e. The summed E-state index contributed by atoms with van der Waals surface area (Å²) in [5.41, 5.74) is 4.36. The molecule has 28 heavy (non-hydrogen) atoms. The number of nitrogens with one attached hydrogen (secondary N) is 1. The molecule has 0 saturated carbocycles. The van der Waals surface area contributed by atoms with Crippen molar-refractivity contribution in [2.24, 2.45) is 5.10 Å². The van der Waals surface area contributed by atoms with Crippen molar-refractivity contribution in [3.05, 3.63) is 66.0 Å². The van der Waals surface area contributed by atoms with E-state index in [9.17, 15) is 9.18 Å². The number of carbonyl (C=O) groups excluding carboxylic acids is 1. The van der Waals surface area contributed by atoms with E-state index in [0.717, 1.165) is 24.4 Å². The average Bonchev–Trinajstić information content (AvgIpc) is 2.73. The fourth-order valence-corrected chi connectivity index (χ4v) is 3.14. The molecule has 0 unspecified atom stereocenters. The van der Waals surface area contributed by atoms with Gasteiger partial charge in [-0.05, 0) is 24.6 Å². The van der Waals surface area contributed by atoms with Crippen molar-refractivity contribution in [1.82, 2.24) is 10.3 Å². The first-order chi connectivity index (χ1) is 13.6. The summed E-state index contributed by atoms with van der Waals surface area (Å²) < 4.78 is 24.2. The van der Waals surface area contributed by atoms with Crippen molar-refractivity contribution in [2.75, 3.05) is 32.9 Å². The predicted molar refractivity (Wildman–Crippen MR) is 105 cm³/mol. The van der Waals surface area contributed by atoms with Crippen molar-refractivity contribution in [3.63, 3.8) is 0 Å². The minimum absolute atomic E-state index is 0.0360. The van der Waals surface area contributed by atoms with Crippen LogP contribution >= 0.6 is 0 Å². The molecule has 1 amide bonds. The number of nitrogens with zero attached hydrogens (tertiary/aromatic N) is 2. The summed E-state index contributed by atoms with van der Waals surface area (Å²) in [4.78, 5) is 14.3. The van der Waals surface area contributed by atoms with Crippen LogP contribution in [0, 0.1) is 5.82 Å². The van der Waals surface area contributed by atoms with Crippen molar-refractivity contribution in [1.29, 1.82) is 0 Å². The Kier molecular flexibility index (Phi) is 7.11. The standard InChI is InChI=1S/C21H24FN3O3/c1-16(23-24-20(26)15-28-19-10-6-5-9-18(19)22)21(17-7-3-2-4-8-17)25-11-13-27-14-12-25/h2-10,21H,11-15H2,1H3,(H,24,26)/b23-16-/t21-/m0/s1. The zero-order valence-electron chi connectivity index (χ0n) is 15.8. The van der Waals surface area contributed by atoms with Gasteiger partial charge in [-0.15, -0.1) is 0 Å². The molecule has 1 fully saturated rings. The van der Waals surface area contributed by atoms with E-state index in [2.05, 4.69) is 15.4 Å². The van der Waals surface area contributed by atoms with Crippen molar-refractivity contribution < 1.29 is 18.7 Å². The smallest absolute Gasteiger partial charge is 0.277 e. The Morgan fingerprint density at radius 1 is 1.18 bits per heavy atom. The number of benzene rings is 2. The second-order valence-corrected chi connectivity index (χ2v) is 6.47. The third kappa shape index (κ3) is 5.37. The molecule has 1 atom stereocenters. The lowest BCUT2D eigenvalue weighted by molar-refractivity contribution is -0.123. The molecule has 0 bridgehead atoms. The van der Waals surface area contributed by atoms with Crippen molar-refractivity contribution in [3.8, 4) is 5.75 Å². The zero-order valence-corrected chi connectivity index (χ0v) is 15.8. The molecule has 0 spiro atoms. The SMILES string of the molecule is C/C(=N/NC(=O)COc1ccccc1F)[C@@H](c1ccccc1)N1CCOCC1. The van der Waals surface area contributed by atoms with E-state index in [1.807, 2.05) is 37.3 Å². The number of ether oxygens (including phenoxy) is 2. The number of morpholine rings is 1. The van der Waals surface area contributed by atoms with E-state index in [-0.39, 0.29) is 18.4 Å². The van der Waals surface area contributed by atoms with Crippen LogP contribution in [0.2, 0.25) is 0 Å². The third-order valence-corrected chi connectivity index (χ3v) is 4.47. The molecule has 0 aromatic heterocycles. The number of para-hydroxylation sites is 1. The molecule has 1 aliphatic heterocycles. The number of amides is 1. The summed E-state index contributed by atoms with van der Waals surface area (Å²) in [7, 11) is 0. The highest BCUT2D eigenvalue weighted by atomic mass is 19.1. The van der Waals surface area contributed by atoms with Gasteiger partial charge in [-0.1, -0.05) is 42.5 Å². The van der Waals surface area contributed by atoms with Gasteiger partial charge in [-0.2, -0.15) is 5.10 Å². The average molecular weight is 385 g/mol. The number of rotatable bonds is 7. The van der Waals surface area contributed by atoms with E-state index in [4.69, 9.17) is 9.47 Å². The first-order valence-corrected chi connectivity index (χ1v) is 9.22. The molecular weight excluding hydrogens is 361 g/mol. The maximum Gasteiger partial charge on any atom is 0.277 e. The summed E-state index contributed by atoms with van der Waals surface area (Å²) in [6, 6.07) is 15.9. The van der Waals surface area contributed by atoms with E-state index in [0.29, 0.717) is 13.2 Å². The van der Waals surface area contributed by atoms with Crippen LogP contribution in [-0.4, -0.2) is 49.4 Å². The normalized spacial score (nSPS) is 16.4. The maximum atomic E-state index is 13.6. The molecule has 2 aromatic carbocycles. The molecule has 0 aliphatic carbocycles. The van der Waals surface area contributed by atoms with Crippen LogP contribution in [0.1, 0.15) is 18.5 Å². The second-order valence-electron chi connectivity index (χ2n) is 6.47. The highest BCUT2D eigenvalue weighted by Gasteiger charge is 2.25. The minimum Gasteiger partial charge on any atom is -0.481 e. The van der Waals surface area contributed by atoms with Gasteiger partial charge in [0.15, 0.2) is 18.2 Å². The molecule has 1 aliphatic rings.